The lowest BCUT2D eigenvalue weighted by atomic mass is 9.98. The Morgan fingerprint density at radius 1 is 0.625 bits per heavy atom. The van der Waals surface area contributed by atoms with E-state index in [1.807, 2.05) is 0 Å². The Kier molecular flexibility index (Phi) is 10.7. The SMILES string of the molecule is Cc1ccc(S(=O)(=O)OC[C@H]2O[C@@H](O)[C@H](OC(=O)c3ccccc3)[C@@H](OC(=O)c3ccccc3)[C@@H]2OS(=O)(=O)c2ccc(C)cc2)cc1. The van der Waals surface area contributed by atoms with E-state index < -0.39 is 69.5 Å². The summed E-state index contributed by atoms with van der Waals surface area (Å²) in [5.41, 5.74) is 1.66. The molecule has 1 aliphatic heterocycles. The Bertz CT molecular complexity index is 1930. The van der Waals surface area contributed by atoms with E-state index in [1.54, 1.807) is 62.4 Å². The zero-order valence-electron chi connectivity index (χ0n) is 25.7. The molecular weight excluding hydrogens is 664 g/mol. The van der Waals surface area contributed by atoms with Gasteiger partial charge in [0.2, 0.25) is 0 Å². The second-order valence-corrected chi connectivity index (χ2v) is 14.1. The van der Waals surface area contributed by atoms with E-state index in [9.17, 15) is 31.5 Å². The monoisotopic (exact) mass is 696 g/mol. The van der Waals surface area contributed by atoms with E-state index in [4.69, 9.17) is 22.6 Å². The lowest BCUT2D eigenvalue weighted by molar-refractivity contribution is -0.278. The molecule has 252 valence electrons. The molecule has 5 atom stereocenters. The van der Waals surface area contributed by atoms with Gasteiger partial charge in [-0.25, -0.2) is 9.59 Å². The number of rotatable bonds is 11. The van der Waals surface area contributed by atoms with Crippen LogP contribution in [0, 0.1) is 13.8 Å². The van der Waals surface area contributed by atoms with Crippen LogP contribution in [0.1, 0.15) is 31.8 Å². The van der Waals surface area contributed by atoms with E-state index in [0.717, 1.165) is 11.1 Å². The van der Waals surface area contributed by atoms with Crippen LogP contribution >= 0.6 is 0 Å². The van der Waals surface area contributed by atoms with Gasteiger partial charge in [-0.2, -0.15) is 16.8 Å². The molecule has 0 bridgehead atoms. The van der Waals surface area contributed by atoms with Crippen LogP contribution in [0.25, 0.3) is 0 Å². The van der Waals surface area contributed by atoms with E-state index >= 15 is 0 Å². The smallest absolute Gasteiger partial charge is 0.338 e. The topological polar surface area (TPSA) is 169 Å². The van der Waals surface area contributed by atoms with Gasteiger partial charge in [-0.15, -0.1) is 0 Å². The maximum atomic E-state index is 13.6. The van der Waals surface area contributed by atoms with Crippen molar-refractivity contribution in [2.45, 2.75) is 54.3 Å². The van der Waals surface area contributed by atoms with Crippen LogP contribution in [0.5, 0.6) is 0 Å². The number of carbonyl (C=O) groups excluding carboxylic acids is 2. The Balaban J connectivity index is 1.54. The number of hydrogen-bond acceptors (Lipinski definition) is 12. The number of carbonyl (C=O) groups is 2. The molecule has 4 aromatic rings. The highest BCUT2D eigenvalue weighted by Gasteiger charge is 2.53. The second kappa shape index (κ2) is 14.8. The molecule has 1 heterocycles. The highest BCUT2D eigenvalue weighted by atomic mass is 32.2. The lowest BCUT2D eigenvalue weighted by Gasteiger charge is -2.42. The van der Waals surface area contributed by atoms with Crippen molar-refractivity contribution in [2.75, 3.05) is 6.61 Å². The summed E-state index contributed by atoms with van der Waals surface area (Å²) in [6, 6.07) is 26.7. The highest BCUT2D eigenvalue weighted by Crippen LogP contribution is 2.32. The number of aliphatic hydroxyl groups is 1. The summed E-state index contributed by atoms with van der Waals surface area (Å²) >= 11 is 0. The molecule has 5 rings (SSSR count). The lowest BCUT2D eigenvalue weighted by Crippen LogP contribution is -2.62. The van der Waals surface area contributed by atoms with E-state index in [1.165, 1.54) is 60.7 Å². The molecule has 4 aromatic carbocycles. The summed E-state index contributed by atoms with van der Waals surface area (Å²) < 4.78 is 81.1. The molecule has 0 aliphatic carbocycles. The fraction of sp³-hybridized carbons (Fsp3) is 0.235. The number of esters is 2. The van der Waals surface area contributed by atoms with E-state index in [0.29, 0.717) is 0 Å². The van der Waals surface area contributed by atoms with Gasteiger partial charge in [0.1, 0.15) is 12.2 Å². The zero-order valence-corrected chi connectivity index (χ0v) is 27.4. The highest BCUT2D eigenvalue weighted by molar-refractivity contribution is 7.87. The van der Waals surface area contributed by atoms with Crippen molar-refractivity contribution in [3.05, 3.63) is 131 Å². The largest absolute Gasteiger partial charge is 0.452 e. The van der Waals surface area contributed by atoms with Crippen molar-refractivity contribution in [2.24, 2.45) is 0 Å². The van der Waals surface area contributed by atoms with Gasteiger partial charge in [0, 0.05) is 0 Å². The zero-order chi connectivity index (χ0) is 34.5. The molecule has 12 nitrogen and oxygen atoms in total. The second-order valence-electron chi connectivity index (χ2n) is 10.9. The van der Waals surface area contributed by atoms with Crippen molar-refractivity contribution in [1.82, 2.24) is 0 Å². The van der Waals surface area contributed by atoms with Crippen LogP contribution in [0.3, 0.4) is 0 Å². The van der Waals surface area contributed by atoms with E-state index in [2.05, 4.69) is 0 Å². The Labute approximate surface area is 278 Å². The summed E-state index contributed by atoms with van der Waals surface area (Å²) in [4.78, 5) is 26.0. The predicted octanol–water partition coefficient (Wildman–Crippen LogP) is 3.95. The van der Waals surface area contributed by atoms with Gasteiger partial charge >= 0.3 is 11.9 Å². The Hall–Kier alpha value is -4.44. The van der Waals surface area contributed by atoms with Crippen molar-refractivity contribution in [1.29, 1.82) is 0 Å². The van der Waals surface area contributed by atoms with Gasteiger partial charge in [0.05, 0.1) is 27.5 Å². The first kappa shape index (κ1) is 34.9. The maximum absolute atomic E-state index is 13.6. The van der Waals surface area contributed by atoms with Crippen LogP contribution in [-0.4, -0.2) is 71.2 Å². The van der Waals surface area contributed by atoms with Gasteiger partial charge < -0.3 is 19.3 Å². The molecular formula is C34H32O12S2. The third-order valence-electron chi connectivity index (χ3n) is 7.36. The fourth-order valence-corrected chi connectivity index (χ4v) is 6.80. The van der Waals surface area contributed by atoms with Crippen LogP contribution < -0.4 is 0 Å². The third-order valence-corrected chi connectivity index (χ3v) is 9.98. The van der Waals surface area contributed by atoms with Crippen molar-refractivity contribution in [3.8, 4) is 0 Å². The summed E-state index contributed by atoms with van der Waals surface area (Å²) in [6.45, 7) is 2.63. The summed E-state index contributed by atoms with van der Waals surface area (Å²) in [7, 11) is -9.10. The van der Waals surface area contributed by atoms with Gasteiger partial charge in [-0.1, -0.05) is 71.8 Å². The first-order chi connectivity index (χ1) is 22.8. The van der Waals surface area contributed by atoms with Crippen molar-refractivity contribution in [3.63, 3.8) is 0 Å². The Morgan fingerprint density at radius 2 is 1.06 bits per heavy atom. The van der Waals surface area contributed by atoms with Crippen LogP contribution in [0.2, 0.25) is 0 Å². The van der Waals surface area contributed by atoms with Crippen molar-refractivity contribution >= 4 is 32.2 Å². The number of hydrogen-bond donors (Lipinski definition) is 1. The van der Waals surface area contributed by atoms with E-state index in [-0.39, 0.29) is 20.9 Å². The van der Waals surface area contributed by atoms with Crippen LogP contribution in [0.15, 0.2) is 119 Å². The number of aliphatic hydroxyl groups excluding tert-OH is 1. The minimum atomic E-state index is -4.67. The predicted molar refractivity (Wildman–Crippen MR) is 170 cm³/mol. The molecule has 0 radical (unpaired) electrons. The summed E-state index contributed by atoms with van der Waals surface area (Å²) in [5.74, 6) is -1.94. The van der Waals surface area contributed by atoms with Crippen LogP contribution in [0.4, 0.5) is 0 Å². The molecule has 1 saturated heterocycles. The number of benzene rings is 4. The normalized spacial score (nSPS) is 21.3. The van der Waals surface area contributed by atoms with Crippen LogP contribution in [-0.2, 0) is 42.8 Å². The fourth-order valence-electron chi connectivity index (χ4n) is 4.77. The van der Waals surface area contributed by atoms with Gasteiger partial charge in [-0.05, 0) is 62.4 Å². The van der Waals surface area contributed by atoms with Crippen molar-refractivity contribution < 1.29 is 54.1 Å². The summed E-state index contributed by atoms with van der Waals surface area (Å²) in [6.07, 6.45) is -9.34. The van der Waals surface area contributed by atoms with Gasteiger partial charge in [0.25, 0.3) is 20.2 Å². The third kappa shape index (κ3) is 8.34. The molecule has 48 heavy (non-hydrogen) atoms. The number of aryl methyl sites for hydroxylation is 2. The molecule has 0 amide bonds. The first-order valence-electron chi connectivity index (χ1n) is 14.7. The standard InChI is InChI=1S/C34H32O12S2/c1-22-13-17-26(18-14-22)47(38,39)42-21-28-29(46-48(40,41)27-19-15-23(2)16-20-27)30(44-32(35)24-9-5-3-6-10-24)31(34(37)43-28)45-33(36)25-11-7-4-8-12-25/h3-20,28-31,34,37H,21H2,1-2H3/t28-,29-,30+,31-,34-/m1/s1. The van der Waals surface area contributed by atoms with Gasteiger partial charge in [-0.3, -0.25) is 8.37 Å². The molecule has 0 saturated carbocycles. The quantitative estimate of drug-likeness (QED) is 0.177. The molecule has 1 N–H and O–H groups in total. The molecule has 0 unspecified atom stereocenters. The van der Waals surface area contributed by atoms with Gasteiger partial charge in [0.15, 0.2) is 18.5 Å². The minimum absolute atomic E-state index is 0.0431. The maximum Gasteiger partial charge on any atom is 0.338 e. The molecule has 0 aromatic heterocycles. The molecule has 14 heteroatoms. The minimum Gasteiger partial charge on any atom is -0.452 e. The first-order valence-corrected chi connectivity index (χ1v) is 17.5. The average Bonchev–Trinajstić information content (AvgIpc) is 3.07. The Morgan fingerprint density at radius 3 is 1.54 bits per heavy atom. The molecule has 1 fully saturated rings. The number of ether oxygens (including phenoxy) is 3. The summed E-state index contributed by atoms with van der Waals surface area (Å²) in [5, 5.41) is 11.1. The molecule has 0 spiro atoms. The average molecular weight is 697 g/mol. The molecule has 1 aliphatic rings.